The molecule has 1 rings (SSSR count). The fourth-order valence-electron chi connectivity index (χ4n) is 6.98. The molecular formula is C49H85O13P. The monoisotopic (exact) mass is 913 g/mol. The van der Waals surface area contributed by atoms with Crippen molar-refractivity contribution in [3.8, 4) is 0 Å². The highest BCUT2D eigenvalue weighted by molar-refractivity contribution is 7.47. The molecule has 13 nitrogen and oxygen atoms in total. The molecule has 1 aliphatic rings. The Morgan fingerprint density at radius 2 is 0.905 bits per heavy atom. The van der Waals surface area contributed by atoms with Crippen LogP contribution in [0.4, 0.5) is 0 Å². The summed E-state index contributed by atoms with van der Waals surface area (Å²) in [5.74, 6) is -1.15. The molecule has 0 saturated heterocycles. The predicted molar refractivity (Wildman–Crippen MR) is 249 cm³/mol. The summed E-state index contributed by atoms with van der Waals surface area (Å²) >= 11 is 0. The molecule has 0 heterocycles. The molecule has 0 bridgehead atoms. The van der Waals surface area contributed by atoms with Gasteiger partial charge in [0.1, 0.15) is 43.2 Å². The fraction of sp³-hybridized carbons (Fsp3) is 0.755. The second kappa shape index (κ2) is 38.8. The second-order valence-corrected chi connectivity index (χ2v) is 18.0. The molecule has 1 fully saturated rings. The summed E-state index contributed by atoms with van der Waals surface area (Å²) in [6.07, 6.45) is 34.2. The van der Waals surface area contributed by atoms with Crippen molar-refractivity contribution in [2.75, 3.05) is 13.2 Å². The highest BCUT2D eigenvalue weighted by atomic mass is 31.2. The van der Waals surface area contributed by atoms with Crippen molar-refractivity contribution in [1.29, 1.82) is 0 Å². The van der Waals surface area contributed by atoms with Gasteiger partial charge in [0, 0.05) is 12.8 Å². The number of allylic oxidation sites excluding steroid dienone is 10. The maximum Gasteiger partial charge on any atom is 0.472 e. The minimum atomic E-state index is -5.13. The summed E-state index contributed by atoms with van der Waals surface area (Å²) in [6, 6.07) is 0. The van der Waals surface area contributed by atoms with Gasteiger partial charge in [-0.15, -0.1) is 0 Å². The van der Waals surface area contributed by atoms with E-state index in [0.717, 1.165) is 64.2 Å². The van der Waals surface area contributed by atoms with Gasteiger partial charge in [0.2, 0.25) is 0 Å². The van der Waals surface area contributed by atoms with Crippen molar-refractivity contribution in [3.05, 3.63) is 60.8 Å². The van der Waals surface area contributed by atoms with Gasteiger partial charge in [-0.25, -0.2) is 4.57 Å². The molecule has 0 radical (unpaired) electrons. The maximum absolute atomic E-state index is 12.8. The van der Waals surface area contributed by atoms with Gasteiger partial charge in [-0.1, -0.05) is 152 Å². The number of carbonyl (C=O) groups excluding carboxylic acids is 2. The van der Waals surface area contributed by atoms with Crippen LogP contribution in [0.3, 0.4) is 0 Å². The Balaban J connectivity index is 2.45. The Morgan fingerprint density at radius 1 is 0.508 bits per heavy atom. The minimum absolute atomic E-state index is 0.0415. The van der Waals surface area contributed by atoms with Crippen LogP contribution in [0.15, 0.2) is 60.8 Å². The molecule has 0 aliphatic heterocycles. The number of carbonyl (C=O) groups is 2. The number of rotatable bonds is 39. The zero-order chi connectivity index (χ0) is 46.4. The largest absolute Gasteiger partial charge is 0.472 e. The molecular weight excluding hydrogens is 828 g/mol. The molecule has 364 valence electrons. The highest BCUT2D eigenvalue weighted by Gasteiger charge is 2.51. The molecule has 63 heavy (non-hydrogen) atoms. The normalized spacial score (nSPS) is 22.2. The van der Waals surface area contributed by atoms with Gasteiger partial charge >= 0.3 is 19.8 Å². The summed E-state index contributed by atoms with van der Waals surface area (Å²) in [7, 11) is -5.13. The van der Waals surface area contributed by atoms with Crippen molar-refractivity contribution in [3.63, 3.8) is 0 Å². The molecule has 0 amide bonds. The third-order valence-corrected chi connectivity index (χ3v) is 11.8. The van der Waals surface area contributed by atoms with Gasteiger partial charge in [0.05, 0.1) is 6.61 Å². The lowest BCUT2D eigenvalue weighted by Crippen LogP contribution is -2.64. The van der Waals surface area contributed by atoms with Crippen LogP contribution in [0.25, 0.3) is 0 Å². The lowest BCUT2D eigenvalue weighted by Gasteiger charge is -2.41. The van der Waals surface area contributed by atoms with E-state index < -0.39 is 75.7 Å². The van der Waals surface area contributed by atoms with E-state index in [9.17, 15) is 44.6 Å². The summed E-state index contributed by atoms with van der Waals surface area (Å²) < 4.78 is 33.5. The number of phosphoric ester groups is 1. The van der Waals surface area contributed by atoms with Crippen LogP contribution in [0.1, 0.15) is 181 Å². The molecule has 8 atom stereocenters. The second-order valence-electron chi connectivity index (χ2n) is 16.6. The first-order chi connectivity index (χ1) is 30.4. The Kier molecular flexibility index (Phi) is 36.1. The van der Waals surface area contributed by atoms with Crippen LogP contribution in [-0.4, -0.2) is 98.3 Å². The number of esters is 2. The minimum Gasteiger partial charge on any atom is -0.462 e. The first-order valence-electron chi connectivity index (χ1n) is 24.1. The van der Waals surface area contributed by atoms with Crippen molar-refractivity contribution in [2.24, 2.45) is 0 Å². The van der Waals surface area contributed by atoms with E-state index in [1.165, 1.54) is 70.6 Å². The highest BCUT2D eigenvalue weighted by Crippen LogP contribution is 2.47. The van der Waals surface area contributed by atoms with Crippen LogP contribution in [0, 0.1) is 0 Å². The molecule has 1 saturated carbocycles. The average Bonchev–Trinajstić information content (AvgIpc) is 3.26. The van der Waals surface area contributed by atoms with Gasteiger partial charge in [-0.05, 0) is 77.0 Å². The number of hydrogen-bond acceptors (Lipinski definition) is 12. The van der Waals surface area contributed by atoms with E-state index in [1.807, 2.05) is 6.08 Å². The van der Waals surface area contributed by atoms with Crippen LogP contribution < -0.4 is 0 Å². The Morgan fingerprint density at radius 3 is 1.43 bits per heavy atom. The zero-order valence-electron chi connectivity index (χ0n) is 38.6. The molecule has 0 spiro atoms. The molecule has 1 aliphatic carbocycles. The van der Waals surface area contributed by atoms with Crippen molar-refractivity contribution < 1.29 is 63.1 Å². The number of phosphoric acid groups is 1. The number of unbranched alkanes of at least 4 members (excludes halogenated alkanes) is 17. The van der Waals surface area contributed by atoms with Crippen molar-refractivity contribution >= 4 is 19.8 Å². The average molecular weight is 913 g/mol. The van der Waals surface area contributed by atoms with E-state index in [-0.39, 0.29) is 12.8 Å². The predicted octanol–water partition coefficient (Wildman–Crippen LogP) is 9.73. The summed E-state index contributed by atoms with van der Waals surface area (Å²) in [4.78, 5) is 35.7. The van der Waals surface area contributed by atoms with E-state index in [4.69, 9.17) is 18.5 Å². The summed E-state index contributed by atoms with van der Waals surface area (Å²) in [6.45, 7) is 3.15. The molecule has 0 aromatic heterocycles. The lowest BCUT2D eigenvalue weighted by molar-refractivity contribution is -0.220. The Bertz CT molecular complexity index is 1330. The molecule has 14 heteroatoms. The number of hydrogen-bond donors (Lipinski definition) is 6. The molecule has 0 aromatic carbocycles. The fourth-order valence-corrected chi connectivity index (χ4v) is 7.95. The van der Waals surface area contributed by atoms with Gasteiger partial charge in [-0.3, -0.25) is 18.6 Å². The van der Waals surface area contributed by atoms with E-state index in [1.54, 1.807) is 0 Å². The molecule has 6 unspecified atom stereocenters. The first-order valence-corrected chi connectivity index (χ1v) is 25.6. The van der Waals surface area contributed by atoms with Gasteiger partial charge in [0.25, 0.3) is 0 Å². The number of aliphatic hydroxyl groups is 5. The van der Waals surface area contributed by atoms with Gasteiger partial charge in [-0.2, -0.15) is 0 Å². The summed E-state index contributed by atoms with van der Waals surface area (Å²) in [5, 5.41) is 50.2. The SMILES string of the molecule is CC/C=C\C/C=C\C/C=C\C/C=C\CCCCC(=O)O[C@H](COC(=O)CCCCCCCCC/C=C\CCCCCCCCCC)COP(=O)(O)OC1C(O)C(O)C(O)[C@@H](O)C1O. The molecule has 6 N–H and O–H groups in total. The van der Waals surface area contributed by atoms with Crippen LogP contribution in [-0.2, 0) is 32.7 Å². The van der Waals surface area contributed by atoms with Crippen LogP contribution in [0.2, 0.25) is 0 Å². The third-order valence-electron chi connectivity index (χ3n) is 10.8. The number of aliphatic hydroxyl groups excluding tert-OH is 5. The third kappa shape index (κ3) is 31.2. The standard InChI is InChI=1S/C49H85O13P/c1-3-5-7-9-11-13-15-17-19-20-21-22-24-25-27-29-31-33-35-37-42(50)59-39-41(40-60-63(57,58)62-49-47(55)45(53)44(52)46(54)48(49)56)61-43(51)38-36-34-32-30-28-26-23-18-16-14-12-10-8-6-4-2/h6,8,12,14,18,20-21,23,28,30,41,44-49,52-56H,3-5,7,9-11,13,15-17,19,22,24-27,29,31-40H2,1-2H3,(H,57,58)/b8-6-,14-12-,21-20-,23-18-,30-28-/t41-,44?,45-,46?,47?,48?,49?/m1/s1. The van der Waals surface area contributed by atoms with E-state index >= 15 is 0 Å². The number of ether oxygens (including phenoxy) is 2. The van der Waals surface area contributed by atoms with Crippen LogP contribution >= 0.6 is 7.82 Å². The Hall–Kier alpha value is -2.45. The molecule has 0 aromatic rings. The first kappa shape index (κ1) is 58.6. The van der Waals surface area contributed by atoms with E-state index in [2.05, 4.69) is 68.5 Å². The smallest absolute Gasteiger partial charge is 0.462 e. The zero-order valence-corrected chi connectivity index (χ0v) is 39.5. The van der Waals surface area contributed by atoms with Gasteiger partial charge in [0.15, 0.2) is 6.10 Å². The van der Waals surface area contributed by atoms with Crippen molar-refractivity contribution in [2.45, 2.75) is 224 Å². The van der Waals surface area contributed by atoms with Gasteiger partial charge < -0.3 is 39.9 Å². The topological polar surface area (TPSA) is 210 Å². The lowest BCUT2D eigenvalue weighted by atomic mass is 9.85. The quantitative estimate of drug-likeness (QED) is 0.0147. The summed E-state index contributed by atoms with van der Waals surface area (Å²) in [5.41, 5.74) is 0. The Labute approximate surface area is 379 Å². The maximum atomic E-state index is 12.8. The van der Waals surface area contributed by atoms with E-state index in [0.29, 0.717) is 19.3 Å². The van der Waals surface area contributed by atoms with Crippen molar-refractivity contribution in [1.82, 2.24) is 0 Å². The van der Waals surface area contributed by atoms with Crippen LogP contribution in [0.5, 0.6) is 0 Å².